The molecule has 0 aliphatic carbocycles. The van der Waals surface area contributed by atoms with Crippen molar-refractivity contribution in [2.24, 2.45) is 0 Å². The second-order valence-corrected chi connectivity index (χ2v) is 6.43. The van der Waals surface area contributed by atoms with Crippen molar-refractivity contribution in [1.82, 2.24) is 9.88 Å². The SMILES string of the molecule is CNc1nc2ccccc2c([N+](=O)[O-])c1C12CCCN1CCC2. The van der Waals surface area contributed by atoms with E-state index in [1.165, 1.54) is 0 Å². The van der Waals surface area contributed by atoms with Crippen LogP contribution in [0.25, 0.3) is 10.9 Å². The number of fused-ring (bicyclic) bond motifs is 2. The molecule has 0 radical (unpaired) electrons. The van der Waals surface area contributed by atoms with Crippen LogP contribution in [0.5, 0.6) is 0 Å². The first-order chi connectivity index (χ1) is 11.2. The highest BCUT2D eigenvalue weighted by Gasteiger charge is 2.50. The van der Waals surface area contributed by atoms with Crippen LogP contribution in [0.3, 0.4) is 0 Å². The average molecular weight is 312 g/mol. The van der Waals surface area contributed by atoms with Crippen LogP contribution in [0.1, 0.15) is 31.2 Å². The lowest BCUT2D eigenvalue weighted by atomic mass is 9.84. The molecule has 1 aromatic heterocycles. The number of nitrogens with zero attached hydrogens (tertiary/aromatic N) is 3. The fourth-order valence-corrected chi connectivity index (χ4v) is 4.52. The number of pyridine rings is 1. The molecular formula is C17H20N4O2. The Morgan fingerprint density at radius 3 is 2.61 bits per heavy atom. The molecule has 0 amide bonds. The smallest absolute Gasteiger partial charge is 0.287 e. The molecule has 2 fully saturated rings. The lowest BCUT2D eigenvalue weighted by Gasteiger charge is -2.33. The normalized spacial score (nSPS) is 19.9. The first-order valence-electron chi connectivity index (χ1n) is 8.18. The topological polar surface area (TPSA) is 71.3 Å². The Hall–Kier alpha value is -2.21. The van der Waals surface area contributed by atoms with Gasteiger partial charge in [0.1, 0.15) is 5.82 Å². The van der Waals surface area contributed by atoms with Gasteiger partial charge in [0.15, 0.2) is 0 Å². The first kappa shape index (κ1) is 14.4. The van der Waals surface area contributed by atoms with Gasteiger partial charge in [0.2, 0.25) is 0 Å². The van der Waals surface area contributed by atoms with Crippen molar-refractivity contribution in [2.75, 3.05) is 25.5 Å². The minimum atomic E-state index is -0.224. The third-order valence-electron chi connectivity index (χ3n) is 5.39. The van der Waals surface area contributed by atoms with Gasteiger partial charge >= 0.3 is 0 Å². The van der Waals surface area contributed by atoms with Crippen molar-refractivity contribution in [2.45, 2.75) is 31.2 Å². The maximum absolute atomic E-state index is 12.0. The highest BCUT2D eigenvalue weighted by Crippen LogP contribution is 2.52. The van der Waals surface area contributed by atoms with Crippen molar-refractivity contribution in [3.8, 4) is 0 Å². The Bertz CT molecular complexity index is 780. The van der Waals surface area contributed by atoms with Crippen molar-refractivity contribution < 1.29 is 4.92 Å². The summed E-state index contributed by atoms with van der Waals surface area (Å²) in [6.45, 7) is 2.04. The molecule has 0 atom stereocenters. The molecule has 120 valence electrons. The molecule has 0 spiro atoms. The van der Waals surface area contributed by atoms with Crippen molar-refractivity contribution in [1.29, 1.82) is 0 Å². The van der Waals surface area contributed by atoms with Gasteiger partial charge < -0.3 is 5.32 Å². The maximum atomic E-state index is 12.0. The fourth-order valence-electron chi connectivity index (χ4n) is 4.52. The van der Waals surface area contributed by atoms with E-state index in [0.717, 1.165) is 44.3 Å². The van der Waals surface area contributed by atoms with Gasteiger partial charge in [-0.3, -0.25) is 15.0 Å². The molecule has 0 unspecified atom stereocenters. The predicted molar refractivity (Wildman–Crippen MR) is 89.7 cm³/mol. The first-order valence-corrected chi connectivity index (χ1v) is 8.18. The van der Waals surface area contributed by atoms with Gasteiger partial charge in [0.25, 0.3) is 5.69 Å². The van der Waals surface area contributed by atoms with Crippen LogP contribution in [-0.4, -0.2) is 34.9 Å². The van der Waals surface area contributed by atoms with Crippen LogP contribution in [0.15, 0.2) is 24.3 Å². The molecule has 2 saturated heterocycles. The van der Waals surface area contributed by atoms with Crippen LogP contribution in [-0.2, 0) is 5.54 Å². The van der Waals surface area contributed by atoms with Crippen LogP contribution >= 0.6 is 0 Å². The molecule has 6 heteroatoms. The number of anilines is 1. The van der Waals surface area contributed by atoms with Crippen molar-refractivity contribution >= 4 is 22.4 Å². The molecule has 2 aromatic rings. The predicted octanol–water partition coefficient (Wildman–Crippen LogP) is 3.27. The Morgan fingerprint density at radius 2 is 1.96 bits per heavy atom. The molecule has 0 bridgehead atoms. The van der Waals surface area contributed by atoms with E-state index in [1.54, 1.807) is 7.05 Å². The minimum absolute atomic E-state index is 0.218. The maximum Gasteiger partial charge on any atom is 0.287 e. The van der Waals surface area contributed by atoms with Gasteiger partial charge in [-0.1, -0.05) is 12.1 Å². The van der Waals surface area contributed by atoms with Crippen LogP contribution in [0, 0.1) is 10.1 Å². The summed E-state index contributed by atoms with van der Waals surface area (Å²) in [5.41, 5.74) is 1.47. The molecule has 4 rings (SSSR count). The molecule has 1 aromatic carbocycles. The summed E-state index contributed by atoms with van der Waals surface area (Å²) in [6.07, 6.45) is 4.13. The van der Waals surface area contributed by atoms with E-state index in [0.29, 0.717) is 16.7 Å². The van der Waals surface area contributed by atoms with Crippen LogP contribution in [0.4, 0.5) is 11.5 Å². The van der Waals surface area contributed by atoms with E-state index in [1.807, 2.05) is 24.3 Å². The minimum Gasteiger partial charge on any atom is -0.373 e. The number of hydrogen-bond acceptors (Lipinski definition) is 5. The van der Waals surface area contributed by atoms with Gasteiger partial charge in [-0.2, -0.15) is 0 Å². The second kappa shape index (κ2) is 5.16. The largest absolute Gasteiger partial charge is 0.373 e. The monoisotopic (exact) mass is 312 g/mol. The lowest BCUT2D eigenvalue weighted by molar-refractivity contribution is -0.384. The molecule has 23 heavy (non-hydrogen) atoms. The third-order valence-corrected chi connectivity index (χ3v) is 5.39. The Balaban J connectivity index is 2.09. The van der Waals surface area contributed by atoms with Gasteiger partial charge in [-0.05, 0) is 50.9 Å². The Labute approximate surface area is 134 Å². The number of nitrogens with one attached hydrogen (secondary N) is 1. The summed E-state index contributed by atoms with van der Waals surface area (Å²) in [5, 5.41) is 15.7. The molecule has 0 saturated carbocycles. The highest BCUT2D eigenvalue weighted by atomic mass is 16.6. The Morgan fingerprint density at radius 1 is 1.26 bits per heavy atom. The number of nitro groups is 1. The number of rotatable bonds is 3. The summed E-state index contributed by atoms with van der Waals surface area (Å²) in [5.74, 6) is 0.657. The quantitative estimate of drug-likeness (QED) is 0.695. The van der Waals surface area contributed by atoms with Gasteiger partial charge in [-0.25, -0.2) is 4.98 Å². The molecule has 3 heterocycles. The zero-order valence-corrected chi connectivity index (χ0v) is 13.2. The zero-order valence-electron chi connectivity index (χ0n) is 13.2. The van der Waals surface area contributed by atoms with Gasteiger partial charge in [-0.15, -0.1) is 0 Å². The molecule has 2 aliphatic rings. The second-order valence-electron chi connectivity index (χ2n) is 6.43. The number of benzene rings is 1. The molecule has 2 aliphatic heterocycles. The van der Waals surface area contributed by atoms with Crippen LogP contribution < -0.4 is 5.32 Å². The van der Waals surface area contributed by atoms with E-state index >= 15 is 0 Å². The summed E-state index contributed by atoms with van der Waals surface area (Å²) < 4.78 is 0. The van der Waals surface area contributed by atoms with Gasteiger partial charge in [0, 0.05) is 7.05 Å². The lowest BCUT2D eigenvalue weighted by Crippen LogP contribution is -2.37. The van der Waals surface area contributed by atoms with E-state index < -0.39 is 0 Å². The van der Waals surface area contributed by atoms with Crippen LogP contribution in [0.2, 0.25) is 0 Å². The fraction of sp³-hybridized carbons (Fsp3) is 0.471. The van der Waals surface area contributed by atoms with Gasteiger partial charge in [0.05, 0.1) is 26.9 Å². The van der Waals surface area contributed by atoms with E-state index in [-0.39, 0.29) is 16.1 Å². The summed E-state index contributed by atoms with van der Waals surface area (Å²) in [6, 6.07) is 7.37. The van der Waals surface area contributed by atoms with Crippen molar-refractivity contribution in [3.05, 3.63) is 39.9 Å². The Kier molecular flexibility index (Phi) is 3.23. The summed E-state index contributed by atoms with van der Waals surface area (Å²) in [7, 11) is 1.80. The van der Waals surface area contributed by atoms with E-state index in [9.17, 15) is 10.1 Å². The standard InChI is InChI=1S/C17H20N4O2/c1-18-16-14(17-8-4-10-20(17)11-5-9-17)15(21(22)23)12-6-2-3-7-13(12)19-16/h2-3,6-7H,4-5,8-11H2,1H3,(H,18,19). The molecular weight excluding hydrogens is 292 g/mol. The average Bonchev–Trinajstić information content (AvgIpc) is 3.13. The summed E-state index contributed by atoms with van der Waals surface area (Å²) in [4.78, 5) is 18.9. The number of para-hydroxylation sites is 1. The van der Waals surface area contributed by atoms with E-state index in [2.05, 4.69) is 10.2 Å². The zero-order chi connectivity index (χ0) is 16.0. The number of aromatic nitrogens is 1. The third kappa shape index (κ3) is 1.94. The number of hydrogen-bond donors (Lipinski definition) is 1. The molecule has 1 N–H and O–H groups in total. The van der Waals surface area contributed by atoms with Crippen molar-refractivity contribution in [3.63, 3.8) is 0 Å². The molecule has 6 nitrogen and oxygen atoms in total. The summed E-state index contributed by atoms with van der Waals surface area (Å²) >= 11 is 0. The highest BCUT2D eigenvalue weighted by molar-refractivity contribution is 5.92. The van der Waals surface area contributed by atoms with E-state index in [4.69, 9.17) is 4.98 Å².